The van der Waals surface area contributed by atoms with Crippen LogP contribution in [0.2, 0.25) is 0 Å². The van der Waals surface area contributed by atoms with Crippen molar-refractivity contribution in [3.63, 3.8) is 0 Å². The van der Waals surface area contributed by atoms with Gasteiger partial charge in [0.1, 0.15) is 4.88 Å². The van der Waals surface area contributed by atoms with E-state index in [0.29, 0.717) is 21.7 Å². The zero-order chi connectivity index (χ0) is 19.9. The molecule has 1 amide bonds. The Kier molecular flexibility index (Phi) is 6.62. The molecule has 0 atom stereocenters. The molecule has 0 bridgehead atoms. The van der Waals surface area contributed by atoms with Crippen molar-refractivity contribution in [2.24, 2.45) is 0 Å². The summed E-state index contributed by atoms with van der Waals surface area (Å²) in [4.78, 5) is 37.7. The number of carbonyl (C=O) groups is 3. The predicted octanol–water partition coefficient (Wildman–Crippen LogP) is 4.76. The number of anilines is 1. The molecular weight excluding hydrogens is 394 g/mol. The lowest BCUT2D eigenvalue weighted by Crippen LogP contribution is -2.14. The minimum absolute atomic E-state index is 0.0291. The summed E-state index contributed by atoms with van der Waals surface area (Å²) in [6.45, 7) is 0. The second-order valence-corrected chi connectivity index (χ2v) is 7.68. The van der Waals surface area contributed by atoms with Gasteiger partial charge in [-0.15, -0.1) is 23.1 Å². The molecule has 3 aromatic rings. The number of Topliss-reactive ketones (excluding diaryl/α,β-unsaturated/α-hetero) is 1. The van der Waals surface area contributed by atoms with Crippen LogP contribution in [0.25, 0.3) is 0 Å². The van der Waals surface area contributed by atoms with Gasteiger partial charge in [-0.3, -0.25) is 9.59 Å². The van der Waals surface area contributed by atoms with Gasteiger partial charge in [-0.25, -0.2) is 4.79 Å². The fraction of sp³-hybridized carbons (Fsp3) is 0.0952. The molecule has 0 aliphatic rings. The van der Waals surface area contributed by atoms with E-state index in [4.69, 9.17) is 4.74 Å². The molecule has 3 rings (SSSR count). The summed E-state index contributed by atoms with van der Waals surface area (Å²) in [5, 5.41) is 4.45. The Morgan fingerprint density at radius 2 is 1.75 bits per heavy atom. The Hall–Kier alpha value is -2.90. The zero-order valence-corrected chi connectivity index (χ0v) is 16.6. The molecule has 0 radical (unpaired) electrons. The first kappa shape index (κ1) is 19.9. The molecule has 5 nitrogen and oxygen atoms in total. The Morgan fingerprint density at radius 3 is 2.50 bits per heavy atom. The first-order chi connectivity index (χ1) is 13.6. The number of hydrogen-bond donors (Lipinski definition) is 1. The Balaban J connectivity index is 1.66. The zero-order valence-electron chi connectivity index (χ0n) is 15.0. The first-order valence-corrected chi connectivity index (χ1v) is 10.2. The molecule has 142 valence electrons. The summed E-state index contributed by atoms with van der Waals surface area (Å²) in [6, 6.07) is 17.8. The number of ketones is 1. The van der Waals surface area contributed by atoms with Crippen LogP contribution in [0.3, 0.4) is 0 Å². The van der Waals surface area contributed by atoms with E-state index in [1.54, 1.807) is 41.8 Å². The molecule has 0 fully saturated rings. The van der Waals surface area contributed by atoms with Crippen LogP contribution in [-0.2, 0) is 4.74 Å². The van der Waals surface area contributed by atoms with E-state index in [2.05, 4.69) is 5.32 Å². The third-order valence-electron chi connectivity index (χ3n) is 3.85. The van der Waals surface area contributed by atoms with Crippen molar-refractivity contribution in [2.75, 3.05) is 18.2 Å². The molecule has 0 saturated carbocycles. The van der Waals surface area contributed by atoms with Crippen LogP contribution >= 0.6 is 23.1 Å². The lowest BCUT2D eigenvalue weighted by atomic mass is 10.2. The number of thioether (sulfide) groups is 1. The van der Waals surface area contributed by atoms with Gasteiger partial charge in [-0.1, -0.05) is 36.4 Å². The van der Waals surface area contributed by atoms with Crippen molar-refractivity contribution in [3.05, 3.63) is 82.0 Å². The highest BCUT2D eigenvalue weighted by molar-refractivity contribution is 8.00. The maximum atomic E-state index is 12.6. The van der Waals surface area contributed by atoms with Gasteiger partial charge in [0, 0.05) is 16.0 Å². The van der Waals surface area contributed by atoms with Crippen molar-refractivity contribution in [2.45, 2.75) is 4.90 Å². The van der Waals surface area contributed by atoms with Crippen molar-refractivity contribution < 1.29 is 19.1 Å². The quantitative estimate of drug-likeness (QED) is 0.345. The molecule has 0 spiro atoms. The molecule has 0 unspecified atom stereocenters. The van der Waals surface area contributed by atoms with E-state index < -0.39 is 5.97 Å². The monoisotopic (exact) mass is 411 g/mol. The minimum Gasteiger partial charge on any atom is -0.465 e. The van der Waals surface area contributed by atoms with Crippen molar-refractivity contribution in [3.8, 4) is 0 Å². The molecule has 0 aliphatic carbocycles. The first-order valence-electron chi connectivity index (χ1n) is 8.36. The SMILES string of the molecule is COC(=O)c1sccc1NC(=O)c1cccc(SCC(=O)c2ccccc2)c1. The summed E-state index contributed by atoms with van der Waals surface area (Å²) < 4.78 is 4.72. The highest BCUT2D eigenvalue weighted by Crippen LogP contribution is 2.25. The summed E-state index contributed by atoms with van der Waals surface area (Å²) in [5.41, 5.74) is 1.52. The minimum atomic E-state index is -0.492. The van der Waals surface area contributed by atoms with Crippen molar-refractivity contribution >= 4 is 46.4 Å². The average Bonchev–Trinajstić information content (AvgIpc) is 3.20. The second kappa shape index (κ2) is 9.34. The molecule has 2 aromatic carbocycles. The maximum Gasteiger partial charge on any atom is 0.350 e. The van der Waals surface area contributed by atoms with Gasteiger partial charge in [-0.2, -0.15) is 0 Å². The molecule has 1 aromatic heterocycles. The van der Waals surface area contributed by atoms with Gasteiger partial charge in [-0.05, 0) is 29.6 Å². The fourth-order valence-corrected chi connectivity index (χ4v) is 4.05. The van der Waals surface area contributed by atoms with Crippen LogP contribution in [0.1, 0.15) is 30.4 Å². The van der Waals surface area contributed by atoms with Crippen molar-refractivity contribution in [1.29, 1.82) is 0 Å². The van der Waals surface area contributed by atoms with E-state index in [-0.39, 0.29) is 17.4 Å². The number of rotatable bonds is 7. The predicted molar refractivity (Wildman–Crippen MR) is 112 cm³/mol. The molecule has 1 heterocycles. The van der Waals surface area contributed by atoms with Crippen molar-refractivity contribution in [1.82, 2.24) is 0 Å². The highest BCUT2D eigenvalue weighted by atomic mass is 32.2. The molecule has 0 saturated heterocycles. The number of benzene rings is 2. The number of methoxy groups -OCH3 is 1. The number of esters is 1. The third kappa shape index (κ3) is 4.88. The number of thiophene rings is 1. The Morgan fingerprint density at radius 1 is 1.00 bits per heavy atom. The standard InChI is InChI=1S/C21H17NO4S2/c1-26-21(25)19-17(10-11-27-19)22-20(24)15-8-5-9-16(12-15)28-13-18(23)14-6-3-2-4-7-14/h2-12H,13H2,1H3,(H,22,24). The number of hydrogen-bond acceptors (Lipinski definition) is 6. The van der Waals surface area contributed by atoms with Crippen LogP contribution in [0.15, 0.2) is 70.9 Å². The van der Waals surface area contributed by atoms with E-state index in [1.165, 1.54) is 30.2 Å². The molecule has 28 heavy (non-hydrogen) atoms. The number of nitrogens with one attached hydrogen (secondary N) is 1. The molecule has 7 heteroatoms. The normalized spacial score (nSPS) is 10.3. The average molecular weight is 412 g/mol. The topological polar surface area (TPSA) is 72.5 Å². The summed E-state index contributed by atoms with van der Waals surface area (Å²) in [6.07, 6.45) is 0. The molecule has 1 N–H and O–H groups in total. The van der Waals surface area contributed by atoms with Crippen LogP contribution in [0, 0.1) is 0 Å². The van der Waals surface area contributed by atoms with Gasteiger partial charge in [0.15, 0.2) is 5.78 Å². The fourth-order valence-electron chi connectivity index (χ4n) is 2.44. The van der Waals surface area contributed by atoms with Crippen LogP contribution in [0.5, 0.6) is 0 Å². The number of ether oxygens (including phenoxy) is 1. The Bertz CT molecular complexity index is 998. The van der Waals surface area contributed by atoms with E-state index in [9.17, 15) is 14.4 Å². The Labute approximate surface area is 170 Å². The van der Waals surface area contributed by atoms with Crippen LogP contribution in [-0.4, -0.2) is 30.5 Å². The maximum absolute atomic E-state index is 12.6. The van der Waals surface area contributed by atoms with Crippen LogP contribution < -0.4 is 5.32 Å². The van der Waals surface area contributed by atoms with Gasteiger partial charge < -0.3 is 10.1 Å². The van der Waals surface area contributed by atoms with E-state index >= 15 is 0 Å². The van der Waals surface area contributed by atoms with Gasteiger partial charge in [0.2, 0.25) is 0 Å². The highest BCUT2D eigenvalue weighted by Gasteiger charge is 2.16. The molecule has 0 aliphatic heterocycles. The lowest BCUT2D eigenvalue weighted by Gasteiger charge is -2.07. The molecular formula is C21H17NO4S2. The van der Waals surface area contributed by atoms with Crippen LogP contribution in [0.4, 0.5) is 5.69 Å². The number of carbonyl (C=O) groups excluding carboxylic acids is 3. The smallest absolute Gasteiger partial charge is 0.350 e. The lowest BCUT2D eigenvalue weighted by molar-refractivity contribution is 0.0607. The van der Waals surface area contributed by atoms with Gasteiger partial charge in [0.25, 0.3) is 5.91 Å². The second-order valence-electron chi connectivity index (χ2n) is 5.71. The number of amides is 1. The van der Waals surface area contributed by atoms with Gasteiger partial charge in [0.05, 0.1) is 18.6 Å². The summed E-state index contributed by atoms with van der Waals surface area (Å²) in [7, 11) is 1.30. The van der Waals surface area contributed by atoms with Gasteiger partial charge >= 0.3 is 5.97 Å². The van der Waals surface area contributed by atoms with E-state index in [0.717, 1.165) is 4.90 Å². The van der Waals surface area contributed by atoms with E-state index in [1.807, 2.05) is 24.3 Å². The summed E-state index contributed by atoms with van der Waals surface area (Å²) in [5.74, 6) is -0.512. The largest absolute Gasteiger partial charge is 0.465 e. The third-order valence-corrected chi connectivity index (χ3v) is 5.73. The summed E-state index contributed by atoms with van der Waals surface area (Å²) >= 11 is 2.57.